The number of benzene rings is 2. The highest BCUT2D eigenvalue weighted by Crippen LogP contribution is 2.17. The molecule has 0 radical (unpaired) electrons. The topological polar surface area (TPSA) is 33.8 Å². The molecule has 3 nitrogen and oxygen atoms in total. The van der Waals surface area contributed by atoms with Crippen LogP contribution in [0.4, 0.5) is 5.69 Å². The normalized spacial score (nSPS) is 13.2. The second kappa shape index (κ2) is 4.89. The Bertz CT molecular complexity index is 646. The van der Waals surface area contributed by atoms with Crippen LogP contribution in [0.5, 0.6) is 0 Å². The quantitative estimate of drug-likeness (QED) is 0.652. The fraction of sp³-hybridized carbons (Fsp3) is 0.133. The Kier molecular flexibility index (Phi) is 3.08. The van der Waals surface area contributed by atoms with Gasteiger partial charge in [0.2, 0.25) is 0 Å². The molecular formula is C15H12BNO2. The third-order valence-corrected chi connectivity index (χ3v) is 3.34. The van der Waals surface area contributed by atoms with Crippen LogP contribution in [0.15, 0.2) is 42.5 Å². The summed E-state index contributed by atoms with van der Waals surface area (Å²) in [6.45, 7) is 7.40. The molecule has 19 heavy (non-hydrogen) atoms. The predicted octanol–water partition coefficient (Wildman–Crippen LogP) is 2.05. The number of hydrogen-bond donors (Lipinski definition) is 1. The van der Waals surface area contributed by atoms with Crippen LogP contribution in [-0.4, -0.2) is 12.1 Å². The molecule has 0 fully saturated rings. The summed E-state index contributed by atoms with van der Waals surface area (Å²) in [7, 11) is -0.776. The molecule has 0 bridgehead atoms. The molecule has 1 aliphatic rings. The number of rotatable bonds is 2. The second-order valence-electron chi connectivity index (χ2n) is 4.65. The lowest BCUT2D eigenvalue weighted by atomic mass is 9.79. The van der Waals surface area contributed by atoms with Crippen LogP contribution in [0, 0.1) is 6.57 Å². The van der Waals surface area contributed by atoms with Crippen LogP contribution in [0.25, 0.3) is 4.85 Å². The predicted molar refractivity (Wildman–Crippen MR) is 74.3 cm³/mol. The fourth-order valence-electron chi connectivity index (χ4n) is 2.32. The van der Waals surface area contributed by atoms with E-state index >= 15 is 0 Å². The van der Waals surface area contributed by atoms with E-state index in [9.17, 15) is 5.02 Å². The minimum atomic E-state index is -0.776. The molecule has 2 aromatic rings. The number of nitrogens with zero attached hydrogens (tertiary/aromatic N) is 1. The van der Waals surface area contributed by atoms with Gasteiger partial charge in [0.15, 0.2) is 5.69 Å². The van der Waals surface area contributed by atoms with Gasteiger partial charge in [0.25, 0.3) is 0 Å². The molecule has 0 amide bonds. The zero-order valence-electron chi connectivity index (χ0n) is 10.3. The van der Waals surface area contributed by atoms with E-state index in [0.29, 0.717) is 12.3 Å². The second-order valence-corrected chi connectivity index (χ2v) is 4.65. The van der Waals surface area contributed by atoms with E-state index in [-0.39, 0.29) is 0 Å². The third-order valence-electron chi connectivity index (χ3n) is 3.34. The van der Waals surface area contributed by atoms with Gasteiger partial charge in [0.05, 0.1) is 13.2 Å². The zero-order chi connectivity index (χ0) is 13.2. The van der Waals surface area contributed by atoms with Crippen molar-refractivity contribution in [3.63, 3.8) is 0 Å². The van der Waals surface area contributed by atoms with E-state index in [1.807, 2.05) is 36.4 Å². The number of hydrogen-bond acceptors (Lipinski definition) is 2. The summed E-state index contributed by atoms with van der Waals surface area (Å²) in [5.74, 6) is 0. The summed E-state index contributed by atoms with van der Waals surface area (Å²) < 4.78 is 5.18. The molecule has 1 aliphatic heterocycles. The maximum atomic E-state index is 9.57. The highest BCUT2D eigenvalue weighted by molar-refractivity contribution is 6.61. The molecule has 0 aromatic heterocycles. The Hall–Kier alpha value is -2.09. The monoisotopic (exact) mass is 249 g/mol. The average Bonchev–Trinajstić information content (AvgIpc) is 2.81. The van der Waals surface area contributed by atoms with E-state index in [4.69, 9.17) is 11.2 Å². The van der Waals surface area contributed by atoms with Crippen molar-refractivity contribution < 1.29 is 9.68 Å². The van der Waals surface area contributed by atoms with E-state index in [2.05, 4.69) is 10.9 Å². The molecule has 4 heteroatoms. The molecule has 0 unspecified atom stereocenters. The van der Waals surface area contributed by atoms with Crippen molar-refractivity contribution in [2.45, 2.75) is 13.0 Å². The summed E-state index contributed by atoms with van der Waals surface area (Å²) in [5, 5.41) is 9.57. The smallest absolute Gasteiger partial charge is 0.423 e. The molecule has 1 N–H and O–H groups in total. The Morgan fingerprint density at radius 3 is 2.63 bits per heavy atom. The largest absolute Gasteiger partial charge is 0.491 e. The maximum Gasteiger partial charge on any atom is 0.491 e. The van der Waals surface area contributed by atoms with Crippen molar-refractivity contribution in [3.8, 4) is 0 Å². The summed E-state index contributed by atoms with van der Waals surface area (Å²) in [4.78, 5) is 3.38. The van der Waals surface area contributed by atoms with Gasteiger partial charge in [-0.1, -0.05) is 42.5 Å². The van der Waals surface area contributed by atoms with Crippen LogP contribution in [0.3, 0.4) is 0 Å². The van der Waals surface area contributed by atoms with Crippen LogP contribution in [0.2, 0.25) is 0 Å². The van der Waals surface area contributed by atoms with Crippen molar-refractivity contribution in [1.82, 2.24) is 0 Å². The number of fused-ring (bicyclic) bond motifs is 1. The van der Waals surface area contributed by atoms with E-state index < -0.39 is 7.12 Å². The molecular weight excluding hydrogens is 237 g/mol. The van der Waals surface area contributed by atoms with Crippen LogP contribution < -0.4 is 5.46 Å². The van der Waals surface area contributed by atoms with Gasteiger partial charge in [0.1, 0.15) is 0 Å². The Labute approximate surface area is 112 Å². The highest BCUT2D eigenvalue weighted by Gasteiger charge is 2.26. The summed E-state index contributed by atoms with van der Waals surface area (Å²) in [6, 6.07) is 13.6. The molecule has 0 spiro atoms. The Balaban J connectivity index is 1.82. The van der Waals surface area contributed by atoms with Crippen molar-refractivity contribution in [1.29, 1.82) is 0 Å². The van der Waals surface area contributed by atoms with Crippen LogP contribution in [0.1, 0.15) is 16.7 Å². The van der Waals surface area contributed by atoms with E-state index in [1.165, 1.54) is 11.1 Å². The van der Waals surface area contributed by atoms with Crippen LogP contribution in [-0.2, 0) is 17.7 Å². The van der Waals surface area contributed by atoms with Gasteiger partial charge in [0, 0.05) is 0 Å². The minimum absolute atomic E-state index is 0.473. The lowest BCUT2D eigenvalue weighted by Gasteiger charge is -2.05. The molecule has 2 aromatic carbocycles. The molecule has 1 heterocycles. The van der Waals surface area contributed by atoms with Crippen LogP contribution >= 0.6 is 0 Å². The van der Waals surface area contributed by atoms with Gasteiger partial charge < -0.3 is 9.68 Å². The van der Waals surface area contributed by atoms with Crippen molar-refractivity contribution in [3.05, 3.63) is 70.6 Å². The standard InChI is InChI=1S/C15H12BNO2/c1-17-14-5-2-11(3-6-14)8-12-4-7-15-13(9-12)10-19-16(15)18/h2-7,9,18H,8,10H2. The minimum Gasteiger partial charge on any atom is -0.423 e. The van der Waals surface area contributed by atoms with E-state index in [0.717, 1.165) is 17.4 Å². The van der Waals surface area contributed by atoms with Gasteiger partial charge >= 0.3 is 7.12 Å². The lowest BCUT2D eigenvalue weighted by Crippen LogP contribution is -2.27. The van der Waals surface area contributed by atoms with Gasteiger partial charge in [-0.05, 0) is 28.6 Å². The molecule has 92 valence electrons. The third kappa shape index (κ3) is 2.39. The maximum absolute atomic E-state index is 9.57. The van der Waals surface area contributed by atoms with Gasteiger partial charge in [-0.2, -0.15) is 0 Å². The van der Waals surface area contributed by atoms with Crippen molar-refractivity contribution in [2.75, 3.05) is 0 Å². The Morgan fingerprint density at radius 2 is 1.89 bits per heavy atom. The zero-order valence-corrected chi connectivity index (χ0v) is 10.3. The van der Waals surface area contributed by atoms with Gasteiger partial charge in [-0.3, -0.25) is 0 Å². The summed E-state index contributed by atoms with van der Waals surface area (Å²) >= 11 is 0. The summed E-state index contributed by atoms with van der Waals surface area (Å²) in [5.41, 5.74) is 4.95. The van der Waals surface area contributed by atoms with Gasteiger partial charge in [-0.15, -0.1) is 0 Å². The lowest BCUT2D eigenvalue weighted by molar-refractivity contribution is 0.275. The first-order valence-electron chi connectivity index (χ1n) is 6.14. The fourth-order valence-corrected chi connectivity index (χ4v) is 2.32. The SMILES string of the molecule is [C-]#[N+]c1ccc(Cc2ccc3c(c2)COB3O)cc1. The summed E-state index contributed by atoms with van der Waals surface area (Å²) in [6.07, 6.45) is 0.821. The molecule has 0 aliphatic carbocycles. The molecule has 3 rings (SSSR count). The van der Waals surface area contributed by atoms with E-state index in [1.54, 1.807) is 0 Å². The molecule has 0 saturated carbocycles. The first-order valence-corrected chi connectivity index (χ1v) is 6.14. The first-order chi connectivity index (χ1) is 9.26. The van der Waals surface area contributed by atoms with Gasteiger partial charge in [-0.25, -0.2) is 4.85 Å². The Morgan fingerprint density at radius 1 is 1.16 bits per heavy atom. The highest BCUT2D eigenvalue weighted by atomic mass is 16.5. The average molecular weight is 249 g/mol. The first kappa shape index (κ1) is 12.0. The van der Waals surface area contributed by atoms with Crippen molar-refractivity contribution in [2.24, 2.45) is 0 Å². The molecule has 0 atom stereocenters. The van der Waals surface area contributed by atoms with Crippen molar-refractivity contribution >= 4 is 18.3 Å². The molecule has 0 saturated heterocycles.